The fraction of sp³-hybridized carbons (Fsp3) is 0.709. The van der Waals surface area contributed by atoms with Crippen LogP contribution in [0.25, 0.3) is 0 Å². The third kappa shape index (κ3) is 28.7. The van der Waals surface area contributed by atoms with Gasteiger partial charge in [0, 0.05) is 12.8 Å². The number of carbonyl (C=O) groups is 2. The molecule has 4 unspecified atom stereocenters. The van der Waals surface area contributed by atoms with Gasteiger partial charge in [0.15, 0.2) is 18.7 Å². The highest BCUT2D eigenvalue weighted by Gasteiger charge is 2.47. The maximum Gasteiger partial charge on any atom is 0.306 e. The first-order valence-electron chi connectivity index (χ1n) is 26.1. The number of carbonyl (C=O) groups excluding carboxylic acids is 2. The highest BCUT2D eigenvalue weighted by molar-refractivity contribution is 5.70. The second-order valence-corrected chi connectivity index (χ2v) is 18.1. The van der Waals surface area contributed by atoms with Gasteiger partial charge < -0.3 is 64.2 Å². The molecule has 2 aliphatic rings. The molecule has 0 bridgehead atoms. The van der Waals surface area contributed by atoms with E-state index in [4.69, 9.17) is 28.4 Å². The minimum absolute atomic E-state index is 0.0356. The van der Waals surface area contributed by atoms with Crippen LogP contribution in [0.3, 0.4) is 0 Å². The lowest BCUT2D eigenvalue weighted by Crippen LogP contribution is -2.61. The first-order valence-corrected chi connectivity index (χ1v) is 26.1. The van der Waals surface area contributed by atoms with Gasteiger partial charge >= 0.3 is 11.9 Å². The Morgan fingerprint density at radius 1 is 0.500 bits per heavy atom. The van der Waals surface area contributed by atoms with Gasteiger partial charge in [0.1, 0.15) is 55.4 Å². The van der Waals surface area contributed by atoms with Crippen molar-refractivity contribution in [3.63, 3.8) is 0 Å². The topological polar surface area (TPSA) is 231 Å². The Labute approximate surface area is 418 Å². The number of aliphatic hydroxyl groups excluding tert-OH is 7. The van der Waals surface area contributed by atoms with Crippen LogP contribution < -0.4 is 0 Å². The molecule has 400 valence electrons. The van der Waals surface area contributed by atoms with Crippen molar-refractivity contribution < 1.29 is 73.8 Å². The van der Waals surface area contributed by atoms with Crippen molar-refractivity contribution in [3.05, 3.63) is 85.6 Å². The fourth-order valence-corrected chi connectivity index (χ4v) is 7.75. The second-order valence-electron chi connectivity index (χ2n) is 18.1. The van der Waals surface area contributed by atoms with Crippen molar-refractivity contribution in [2.24, 2.45) is 0 Å². The molecule has 15 nitrogen and oxygen atoms in total. The number of aliphatic hydroxyl groups is 7. The maximum absolute atomic E-state index is 13.0. The number of hydrogen-bond donors (Lipinski definition) is 7. The highest BCUT2D eigenvalue weighted by atomic mass is 16.7. The summed E-state index contributed by atoms with van der Waals surface area (Å²) in [6.45, 7) is 3.92. The quantitative estimate of drug-likeness (QED) is 0.0178. The molecular formula is C55H90O15. The van der Waals surface area contributed by atoms with Gasteiger partial charge in [-0.2, -0.15) is 0 Å². The molecule has 2 fully saturated rings. The van der Waals surface area contributed by atoms with Crippen LogP contribution in [0.4, 0.5) is 0 Å². The zero-order valence-corrected chi connectivity index (χ0v) is 42.1. The number of rotatable bonds is 40. The number of allylic oxidation sites excluding steroid dienone is 13. The lowest BCUT2D eigenvalue weighted by atomic mass is 9.98. The van der Waals surface area contributed by atoms with Gasteiger partial charge in [-0.05, 0) is 64.2 Å². The van der Waals surface area contributed by atoms with Crippen molar-refractivity contribution in [3.8, 4) is 0 Å². The molecule has 0 spiro atoms. The molecule has 0 aliphatic carbocycles. The first kappa shape index (κ1) is 62.8. The zero-order chi connectivity index (χ0) is 51.0. The van der Waals surface area contributed by atoms with E-state index in [1.807, 2.05) is 18.2 Å². The van der Waals surface area contributed by atoms with E-state index in [2.05, 4.69) is 74.3 Å². The molecule has 2 rings (SSSR count). The van der Waals surface area contributed by atoms with Crippen LogP contribution in [0.2, 0.25) is 0 Å². The summed E-state index contributed by atoms with van der Waals surface area (Å²) in [7, 11) is 0. The summed E-state index contributed by atoms with van der Waals surface area (Å²) < 4.78 is 33.5. The predicted octanol–water partition coefficient (Wildman–Crippen LogP) is 7.60. The van der Waals surface area contributed by atoms with Crippen LogP contribution in [0.1, 0.15) is 155 Å². The number of hydrogen-bond acceptors (Lipinski definition) is 15. The highest BCUT2D eigenvalue weighted by Crippen LogP contribution is 2.26. The molecule has 0 aromatic carbocycles. The van der Waals surface area contributed by atoms with Gasteiger partial charge in [0.05, 0.1) is 19.8 Å². The van der Waals surface area contributed by atoms with Crippen molar-refractivity contribution in [1.82, 2.24) is 0 Å². The van der Waals surface area contributed by atoms with E-state index in [0.29, 0.717) is 19.3 Å². The standard InChI is InChI=1S/C55H90O15/c1-3-5-7-9-11-13-15-17-19-20-21-22-24-26-28-30-32-34-36-38-47(58)68-43(40-65-46(57)37-35-33-31-29-27-25-23-18-16-14-12-10-8-6-4-2)41-66-54-53(64)51(62)49(60)45(70-54)42-67-55-52(63)50(61)48(59)44(39-56)69-55/h4-5,7,11,13,17,19,21-22,26,28,32,34,43-45,48-56,59-64H,2-3,6,8-10,12,14-16,18,20,23-25,27,29-31,33,35-42H2,1H3/b7-5+,13-11+,19-17+,22-21+,28-26+,34-32+/t43-,44+,45+,48-,49-,50?,51?,52?,53?,54+,55+/m1/s1. The molecule has 0 saturated carbocycles. The molecular weight excluding hydrogens is 901 g/mol. The summed E-state index contributed by atoms with van der Waals surface area (Å²) in [5, 5.41) is 72.1. The lowest BCUT2D eigenvalue weighted by Gasteiger charge is -2.42. The van der Waals surface area contributed by atoms with E-state index in [9.17, 15) is 45.3 Å². The largest absolute Gasteiger partial charge is 0.462 e. The fourth-order valence-electron chi connectivity index (χ4n) is 7.75. The Bertz CT molecular complexity index is 1520. The van der Waals surface area contributed by atoms with Crippen molar-refractivity contribution in [1.29, 1.82) is 0 Å². The Kier molecular flexibility index (Phi) is 36.9. The molecule has 2 saturated heterocycles. The Morgan fingerprint density at radius 2 is 0.943 bits per heavy atom. The van der Waals surface area contributed by atoms with E-state index in [0.717, 1.165) is 57.8 Å². The summed E-state index contributed by atoms with van der Waals surface area (Å²) in [4.78, 5) is 25.8. The third-order valence-corrected chi connectivity index (χ3v) is 12.0. The molecule has 0 aromatic rings. The van der Waals surface area contributed by atoms with E-state index in [1.54, 1.807) is 0 Å². The van der Waals surface area contributed by atoms with Gasteiger partial charge in [0.2, 0.25) is 0 Å². The van der Waals surface area contributed by atoms with Crippen molar-refractivity contribution in [2.45, 2.75) is 222 Å². The number of unbranched alkanes of at least 4 members (excludes halogenated alkanes) is 13. The van der Waals surface area contributed by atoms with Gasteiger partial charge in [-0.1, -0.05) is 157 Å². The van der Waals surface area contributed by atoms with Crippen LogP contribution in [0, 0.1) is 0 Å². The van der Waals surface area contributed by atoms with Gasteiger partial charge in [-0.25, -0.2) is 0 Å². The summed E-state index contributed by atoms with van der Waals surface area (Å²) in [5.41, 5.74) is 0. The molecule has 2 aliphatic heterocycles. The Morgan fingerprint density at radius 3 is 1.44 bits per heavy atom. The molecule has 0 radical (unpaired) electrons. The smallest absolute Gasteiger partial charge is 0.306 e. The second kappa shape index (κ2) is 41.2. The van der Waals surface area contributed by atoms with E-state index in [-0.39, 0.29) is 19.4 Å². The minimum atomic E-state index is -1.78. The average Bonchev–Trinajstić information content (AvgIpc) is 3.35. The average molecular weight is 991 g/mol. The lowest BCUT2D eigenvalue weighted by molar-refractivity contribution is -0.332. The summed E-state index contributed by atoms with van der Waals surface area (Å²) >= 11 is 0. The van der Waals surface area contributed by atoms with Crippen LogP contribution in [-0.4, -0.2) is 142 Å². The number of ether oxygens (including phenoxy) is 6. The molecule has 0 aromatic heterocycles. The molecule has 2 heterocycles. The molecule has 7 N–H and O–H groups in total. The summed E-state index contributed by atoms with van der Waals surface area (Å²) in [5.74, 6) is -1.03. The van der Waals surface area contributed by atoms with Crippen LogP contribution in [0.15, 0.2) is 85.6 Å². The van der Waals surface area contributed by atoms with Gasteiger partial charge in [0.25, 0.3) is 0 Å². The van der Waals surface area contributed by atoms with Crippen molar-refractivity contribution >= 4 is 11.9 Å². The van der Waals surface area contributed by atoms with E-state index in [1.165, 1.54) is 57.8 Å². The summed E-state index contributed by atoms with van der Waals surface area (Å²) in [6, 6.07) is 0. The van der Waals surface area contributed by atoms with Crippen LogP contribution >= 0.6 is 0 Å². The van der Waals surface area contributed by atoms with E-state index < -0.39 is 99.3 Å². The predicted molar refractivity (Wildman–Crippen MR) is 270 cm³/mol. The molecule has 0 amide bonds. The Hall–Kier alpha value is -3.32. The SMILES string of the molecule is C=CCCCCCCCCCCCCCCCC(=O)OC[C@H](CO[C@H]1O[C@@H](CO[C@H]2O[C@@H](CO)[C@@H](O)C(O)C2O)[C@@H](O)C(O)C1O)OC(=O)CC/C=C/C/C=C/C/C=C/C/C=C/C/C=C/C/C=C/CC. The van der Waals surface area contributed by atoms with Gasteiger partial charge in [-0.3, -0.25) is 9.59 Å². The normalized spacial score (nSPS) is 25.9. The first-order chi connectivity index (χ1) is 34.0. The maximum atomic E-state index is 13.0. The van der Waals surface area contributed by atoms with Crippen molar-refractivity contribution in [2.75, 3.05) is 26.4 Å². The van der Waals surface area contributed by atoms with Crippen LogP contribution in [-0.2, 0) is 38.0 Å². The van der Waals surface area contributed by atoms with E-state index >= 15 is 0 Å². The zero-order valence-electron chi connectivity index (χ0n) is 42.1. The minimum Gasteiger partial charge on any atom is -0.462 e. The van der Waals surface area contributed by atoms with Crippen LogP contribution in [0.5, 0.6) is 0 Å². The molecule has 15 heteroatoms. The molecule has 70 heavy (non-hydrogen) atoms. The monoisotopic (exact) mass is 991 g/mol. The Balaban J connectivity index is 1.84. The van der Waals surface area contributed by atoms with Gasteiger partial charge in [-0.15, -0.1) is 6.58 Å². The third-order valence-electron chi connectivity index (χ3n) is 12.0. The number of esters is 2. The molecule has 11 atom stereocenters. The summed E-state index contributed by atoms with van der Waals surface area (Å²) in [6.07, 6.45) is 32.3.